The third-order valence-corrected chi connectivity index (χ3v) is 2.71. The molecule has 1 aliphatic carbocycles. The Balaban J connectivity index is 2.30. The van der Waals surface area contributed by atoms with Gasteiger partial charge in [-0.25, -0.2) is 0 Å². The van der Waals surface area contributed by atoms with Gasteiger partial charge in [-0.1, -0.05) is 6.92 Å². The minimum atomic E-state index is 0.300. The van der Waals surface area contributed by atoms with Gasteiger partial charge in [0.05, 0.1) is 0 Å². The SMILES string of the molecule is CCC(N)C(CCO)C1CC1. The number of aliphatic hydroxyl groups excluding tert-OH is 1. The third kappa shape index (κ3) is 2.46. The van der Waals surface area contributed by atoms with Crippen LogP contribution in [0.15, 0.2) is 0 Å². The van der Waals surface area contributed by atoms with Crippen LogP contribution in [0.25, 0.3) is 0 Å². The van der Waals surface area contributed by atoms with Crippen molar-refractivity contribution in [1.82, 2.24) is 0 Å². The van der Waals surface area contributed by atoms with Gasteiger partial charge in [-0.05, 0) is 37.5 Å². The van der Waals surface area contributed by atoms with Crippen LogP contribution in [-0.2, 0) is 0 Å². The molecule has 0 heterocycles. The predicted molar refractivity (Wildman–Crippen MR) is 46.2 cm³/mol. The van der Waals surface area contributed by atoms with E-state index in [-0.39, 0.29) is 0 Å². The summed E-state index contributed by atoms with van der Waals surface area (Å²) in [4.78, 5) is 0. The van der Waals surface area contributed by atoms with E-state index < -0.39 is 0 Å². The fourth-order valence-corrected chi connectivity index (χ4v) is 1.78. The molecule has 11 heavy (non-hydrogen) atoms. The molecule has 2 unspecified atom stereocenters. The minimum absolute atomic E-state index is 0.300. The van der Waals surface area contributed by atoms with Crippen LogP contribution in [0.5, 0.6) is 0 Å². The molecule has 1 fully saturated rings. The van der Waals surface area contributed by atoms with E-state index in [2.05, 4.69) is 6.92 Å². The summed E-state index contributed by atoms with van der Waals surface area (Å²) in [5.74, 6) is 1.42. The Bertz CT molecular complexity index is 112. The second kappa shape index (κ2) is 4.07. The van der Waals surface area contributed by atoms with Gasteiger partial charge in [0.1, 0.15) is 0 Å². The van der Waals surface area contributed by atoms with Gasteiger partial charge in [0.2, 0.25) is 0 Å². The van der Waals surface area contributed by atoms with E-state index in [0.717, 1.165) is 18.8 Å². The molecule has 66 valence electrons. The average molecular weight is 157 g/mol. The minimum Gasteiger partial charge on any atom is -0.396 e. The maximum Gasteiger partial charge on any atom is 0.0434 e. The van der Waals surface area contributed by atoms with Gasteiger partial charge < -0.3 is 10.8 Å². The Morgan fingerprint density at radius 3 is 2.55 bits per heavy atom. The third-order valence-electron chi connectivity index (χ3n) is 2.71. The van der Waals surface area contributed by atoms with Crippen LogP contribution >= 0.6 is 0 Å². The van der Waals surface area contributed by atoms with Crippen molar-refractivity contribution in [2.75, 3.05) is 6.61 Å². The average Bonchev–Trinajstić information content (AvgIpc) is 2.81. The summed E-state index contributed by atoms with van der Waals surface area (Å²) in [5.41, 5.74) is 5.93. The topological polar surface area (TPSA) is 46.2 Å². The van der Waals surface area contributed by atoms with E-state index in [1.54, 1.807) is 0 Å². The molecule has 0 aromatic carbocycles. The van der Waals surface area contributed by atoms with Gasteiger partial charge in [0.15, 0.2) is 0 Å². The highest BCUT2D eigenvalue weighted by atomic mass is 16.3. The van der Waals surface area contributed by atoms with Gasteiger partial charge in [-0.2, -0.15) is 0 Å². The quantitative estimate of drug-likeness (QED) is 0.628. The molecule has 0 bridgehead atoms. The Labute approximate surface area is 68.8 Å². The highest BCUT2D eigenvalue weighted by molar-refractivity contribution is 4.86. The van der Waals surface area contributed by atoms with Crippen LogP contribution in [0.3, 0.4) is 0 Å². The number of nitrogens with two attached hydrogens (primary N) is 1. The summed E-state index contributed by atoms with van der Waals surface area (Å²) in [7, 11) is 0. The van der Waals surface area contributed by atoms with E-state index in [9.17, 15) is 0 Å². The highest BCUT2D eigenvalue weighted by Gasteiger charge is 2.33. The van der Waals surface area contributed by atoms with Crippen molar-refractivity contribution in [3.63, 3.8) is 0 Å². The molecule has 0 aliphatic heterocycles. The maximum absolute atomic E-state index is 8.80. The first-order valence-electron chi connectivity index (χ1n) is 4.66. The van der Waals surface area contributed by atoms with Gasteiger partial charge in [0.25, 0.3) is 0 Å². The van der Waals surface area contributed by atoms with E-state index in [1.807, 2.05) is 0 Å². The zero-order valence-corrected chi connectivity index (χ0v) is 7.29. The summed E-state index contributed by atoms with van der Waals surface area (Å²) in [6.07, 6.45) is 4.61. The van der Waals surface area contributed by atoms with Gasteiger partial charge in [-0.3, -0.25) is 0 Å². The molecular formula is C9H19NO. The normalized spacial score (nSPS) is 23.2. The van der Waals surface area contributed by atoms with Crippen LogP contribution in [0.1, 0.15) is 32.6 Å². The molecule has 2 nitrogen and oxygen atoms in total. The van der Waals surface area contributed by atoms with Gasteiger partial charge >= 0.3 is 0 Å². The fraction of sp³-hybridized carbons (Fsp3) is 1.00. The second-order valence-corrected chi connectivity index (χ2v) is 3.59. The number of hydrogen-bond acceptors (Lipinski definition) is 2. The lowest BCUT2D eigenvalue weighted by Gasteiger charge is -2.21. The Morgan fingerprint density at radius 1 is 1.55 bits per heavy atom. The van der Waals surface area contributed by atoms with E-state index in [0.29, 0.717) is 18.6 Å². The van der Waals surface area contributed by atoms with Crippen molar-refractivity contribution >= 4 is 0 Å². The largest absolute Gasteiger partial charge is 0.396 e. The summed E-state index contributed by atoms with van der Waals surface area (Å²) in [5, 5.41) is 8.80. The molecule has 0 radical (unpaired) electrons. The van der Waals surface area contributed by atoms with Crippen molar-refractivity contribution < 1.29 is 5.11 Å². The monoisotopic (exact) mass is 157 g/mol. The molecule has 2 heteroatoms. The first kappa shape index (κ1) is 9.01. The van der Waals surface area contributed by atoms with E-state index in [4.69, 9.17) is 10.8 Å². The number of aliphatic hydroxyl groups is 1. The van der Waals surface area contributed by atoms with Crippen molar-refractivity contribution in [1.29, 1.82) is 0 Å². The smallest absolute Gasteiger partial charge is 0.0434 e. The molecule has 1 rings (SSSR count). The van der Waals surface area contributed by atoms with Crippen LogP contribution in [-0.4, -0.2) is 17.8 Å². The highest BCUT2D eigenvalue weighted by Crippen LogP contribution is 2.40. The Kier molecular flexibility index (Phi) is 3.34. The number of hydrogen-bond donors (Lipinski definition) is 2. The fourth-order valence-electron chi connectivity index (χ4n) is 1.78. The molecule has 2 atom stereocenters. The maximum atomic E-state index is 8.80. The first-order chi connectivity index (χ1) is 5.29. The lowest BCUT2D eigenvalue weighted by molar-refractivity contribution is 0.226. The first-order valence-corrected chi connectivity index (χ1v) is 4.66. The van der Waals surface area contributed by atoms with Crippen LogP contribution in [0.4, 0.5) is 0 Å². The Morgan fingerprint density at radius 2 is 2.18 bits per heavy atom. The molecule has 0 aromatic rings. The molecule has 1 aliphatic rings. The predicted octanol–water partition coefficient (Wildman–Crippen LogP) is 1.13. The molecular weight excluding hydrogens is 138 g/mol. The van der Waals surface area contributed by atoms with Crippen LogP contribution < -0.4 is 5.73 Å². The molecule has 0 aromatic heterocycles. The lowest BCUT2D eigenvalue weighted by atomic mass is 9.90. The summed E-state index contributed by atoms with van der Waals surface area (Å²) in [6.45, 7) is 2.42. The zero-order chi connectivity index (χ0) is 8.27. The zero-order valence-electron chi connectivity index (χ0n) is 7.29. The van der Waals surface area contributed by atoms with Crippen LogP contribution in [0, 0.1) is 11.8 Å². The van der Waals surface area contributed by atoms with Crippen molar-refractivity contribution in [3.8, 4) is 0 Å². The molecule has 0 spiro atoms. The molecule has 1 saturated carbocycles. The summed E-state index contributed by atoms with van der Waals surface area (Å²) in [6, 6.07) is 0.314. The summed E-state index contributed by atoms with van der Waals surface area (Å²) >= 11 is 0. The van der Waals surface area contributed by atoms with Crippen molar-refractivity contribution in [2.24, 2.45) is 17.6 Å². The Hall–Kier alpha value is -0.0800. The molecule has 3 N–H and O–H groups in total. The van der Waals surface area contributed by atoms with Crippen LogP contribution in [0.2, 0.25) is 0 Å². The molecule has 0 saturated heterocycles. The lowest BCUT2D eigenvalue weighted by Crippen LogP contribution is -2.31. The number of rotatable bonds is 5. The van der Waals surface area contributed by atoms with Gasteiger partial charge in [0, 0.05) is 12.6 Å². The summed E-state index contributed by atoms with van der Waals surface area (Å²) < 4.78 is 0. The standard InChI is InChI=1S/C9H19NO/c1-2-9(10)8(5-6-11)7-3-4-7/h7-9,11H,2-6,10H2,1H3. The van der Waals surface area contributed by atoms with E-state index >= 15 is 0 Å². The second-order valence-electron chi connectivity index (χ2n) is 3.59. The van der Waals surface area contributed by atoms with Crippen molar-refractivity contribution in [2.45, 2.75) is 38.6 Å². The van der Waals surface area contributed by atoms with E-state index in [1.165, 1.54) is 12.8 Å². The van der Waals surface area contributed by atoms with Gasteiger partial charge in [-0.15, -0.1) is 0 Å². The van der Waals surface area contributed by atoms with Crippen molar-refractivity contribution in [3.05, 3.63) is 0 Å². The molecule has 0 amide bonds.